The van der Waals surface area contributed by atoms with Crippen LogP contribution in [0.2, 0.25) is 0 Å². The van der Waals surface area contributed by atoms with E-state index in [-0.39, 0.29) is 11.8 Å². The molecule has 124 valence electrons. The fourth-order valence-corrected chi connectivity index (χ4v) is 2.82. The smallest absolute Gasteiger partial charge is 0.256 e. The summed E-state index contributed by atoms with van der Waals surface area (Å²) in [7, 11) is 1.56. The minimum absolute atomic E-state index is 0.216. The fourth-order valence-electron chi connectivity index (χ4n) is 2.32. The summed E-state index contributed by atoms with van der Waals surface area (Å²) in [5.41, 5.74) is 1.42. The SMILES string of the molecule is CNC(=O)c1cccc(NC(=O)c2cc3c(cc2Br)OCCO3)c1. The van der Waals surface area contributed by atoms with Crippen molar-refractivity contribution in [3.63, 3.8) is 0 Å². The summed E-state index contributed by atoms with van der Waals surface area (Å²) >= 11 is 3.38. The van der Waals surface area contributed by atoms with E-state index in [0.717, 1.165) is 0 Å². The lowest BCUT2D eigenvalue weighted by atomic mass is 10.1. The van der Waals surface area contributed by atoms with Crippen LogP contribution >= 0.6 is 15.9 Å². The van der Waals surface area contributed by atoms with Gasteiger partial charge >= 0.3 is 0 Å². The van der Waals surface area contributed by atoms with Gasteiger partial charge in [-0.1, -0.05) is 6.07 Å². The van der Waals surface area contributed by atoms with Gasteiger partial charge in [-0.25, -0.2) is 0 Å². The average molecular weight is 391 g/mol. The molecule has 6 nitrogen and oxygen atoms in total. The molecule has 2 amide bonds. The van der Waals surface area contributed by atoms with Gasteiger partial charge in [0.2, 0.25) is 0 Å². The minimum atomic E-state index is -0.312. The van der Waals surface area contributed by atoms with Crippen LogP contribution in [-0.2, 0) is 0 Å². The molecule has 0 bridgehead atoms. The lowest BCUT2D eigenvalue weighted by Gasteiger charge is -2.19. The number of nitrogens with one attached hydrogen (secondary N) is 2. The number of benzene rings is 2. The summed E-state index contributed by atoms with van der Waals surface area (Å²) in [4.78, 5) is 24.2. The molecule has 2 aromatic rings. The molecule has 0 saturated heterocycles. The maximum atomic E-state index is 12.5. The number of fused-ring (bicyclic) bond motifs is 1. The van der Waals surface area contributed by atoms with E-state index >= 15 is 0 Å². The van der Waals surface area contributed by atoms with E-state index in [0.29, 0.717) is 46.0 Å². The molecule has 3 rings (SSSR count). The van der Waals surface area contributed by atoms with Crippen molar-refractivity contribution >= 4 is 33.4 Å². The van der Waals surface area contributed by atoms with E-state index in [9.17, 15) is 9.59 Å². The van der Waals surface area contributed by atoms with Crippen LogP contribution in [0.4, 0.5) is 5.69 Å². The van der Waals surface area contributed by atoms with Gasteiger partial charge in [0.1, 0.15) is 13.2 Å². The highest BCUT2D eigenvalue weighted by Gasteiger charge is 2.19. The van der Waals surface area contributed by atoms with Crippen LogP contribution < -0.4 is 20.1 Å². The Balaban J connectivity index is 1.84. The van der Waals surface area contributed by atoms with E-state index in [1.54, 1.807) is 43.4 Å². The largest absolute Gasteiger partial charge is 0.486 e. The second-order valence-corrected chi connectivity index (χ2v) is 5.94. The number of rotatable bonds is 3. The molecule has 24 heavy (non-hydrogen) atoms. The summed E-state index contributed by atoms with van der Waals surface area (Å²) in [6.07, 6.45) is 0. The Kier molecular flexibility index (Phi) is 4.71. The van der Waals surface area contributed by atoms with Crippen molar-refractivity contribution < 1.29 is 19.1 Å². The molecule has 0 saturated carbocycles. The van der Waals surface area contributed by atoms with Crippen LogP contribution in [0.1, 0.15) is 20.7 Å². The number of amides is 2. The third-order valence-electron chi connectivity index (χ3n) is 3.49. The lowest BCUT2D eigenvalue weighted by molar-refractivity contribution is 0.0961. The van der Waals surface area contributed by atoms with Gasteiger partial charge < -0.3 is 20.1 Å². The van der Waals surface area contributed by atoms with Crippen LogP contribution in [0.25, 0.3) is 0 Å². The molecule has 1 aliphatic rings. The highest BCUT2D eigenvalue weighted by molar-refractivity contribution is 9.10. The number of hydrogen-bond acceptors (Lipinski definition) is 4. The molecular formula is C17H15BrN2O4. The van der Waals surface area contributed by atoms with Crippen molar-refractivity contribution in [2.24, 2.45) is 0 Å². The lowest BCUT2D eigenvalue weighted by Crippen LogP contribution is -2.19. The number of carbonyl (C=O) groups excluding carboxylic acids is 2. The van der Waals surface area contributed by atoms with Crippen LogP contribution in [0.3, 0.4) is 0 Å². The van der Waals surface area contributed by atoms with Crippen molar-refractivity contribution in [2.75, 3.05) is 25.6 Å². The van der Waals surface area contributed by atoms with Gasteiger partial charge in [0, 0.05) is 22.8 Å². The normalized spacial score (nSPS) is 12.4. The first-order valence-electron chi connectivity index (χ1n) is 7.31. The van der Waals surface area contributed by atoms with Crippen molar-refractivity contribution in [2.45, 2.75) is 0 Å². The van der Waals surface area contributed by atoms with Crippen LogP contribution in [0, 0.1) is 0 Å². The number of halogens is 1. The van der Waals surface area contributed by atoms with Gasteiger partial charge in [-0.3, -0.25) is 9.59 Å². The quantitative estimate of drug-likeness (QED) is 0.844. The molecule has 0 aromatic heterocycles. The van der Waals surface area contributed by atoms with Gasteiger partial charge in [0.15, 0.2) is 11.5 Å². The Labute approximate surface area is 147 Å². The van der Waals surface area contributed by atoms with Crippen LogP contribution in [0.15, 0.2) is 40.9 Å². The molecular weight excluding hydrogens is 376 g/mol. The van der Waals surface area contributed by atoms with Crippen molar-refractivity contribution in [3.05, 3.63) is 52.0 Å². The summed E-state index contributed by atoms with van der Waals surface area (Å²) in [6, 6.07) is 10.1. The molecule has 7 heteroatoms. The average Bonchev–Trinajstić information content (AvgIpc) is 2.60. The maximum absolute atomic E-state index is 12.5. The summed E-state index contributed by atoms with van der Waals surface area (Å²) < 4.78 is 11.6. The minimum Gasteiger partial charge on any atom is -0.486 e. The topological polar surface area (TPSA) is 76.7 Å². The van der Waals surface area contributed by atoms with E-state index in [1.807, 2.05) is 0 Å². The van der Waals surface area contributed by atoms with Gasteiger partial charge in [0.05, 0.1) is 5.56 Å². The van der Waals surface area contributed by atoms with Crippen LogP contribution in [-0.4, -0.2) is 32.1 Å². The van der Waals surface area contributed by atoms with Crippen LogP contribution in [0.5, 0.6) is 11.5 Å². The van der Waals surface area contributed by atoms with Crippen molar-refractivity contribution in [1.82, 2.24) is 5.32 Å². The molecule has 0 atom stereocenters. The molecule has 2 N–H and O–H groups in total. The number of ether oxygens (including phenoxy) is 2. The Bertz CT molecular complexity index is 807. The molecule has 0 radical (unpaired) electrons. The standard InChI is InChI=1S/C17H15BrN2O4/c1-19-16(21)10-3-2-4-11(7-10)20-17(22)12-8-14-15(9-13(12)18)24-6-5-23-14/h2-4,7-9H,5-6H2,1H3,(H,19,21)(H,20,22). The second-order valence-electron chi connectivity index (χ2n) is 5.09. The summed E-state index contributed by atoms with van der Waals surface area (Å²) in [5.74, 6) is 0.611. The summed E-state index contributed by atoms with van der Waals surface area (Å²) in [6.45, 7) is 0.932. The Morgan fingerprint density at radius 3 is 2.46 bits per heavy atom. The number of anilines is 1. The van der Waals surface area contributed by atoms with E-state index in [2.05, 4.69) is 26.6 Å². The first-order valence-corrected chi connectivity index (χ1v) is 8.10. The molecule has 1 heterocycles. The van der Waals surface area contributed by atoms with Crippen molar-refractivity contribution in [1.29, 1.82) is 0 Å². The van der Waals surface area contributed by atoms with E-state index < -0.39 is 0 Å². The van der Waals surface area contributed by atoms with Gasteiger partial charge in [-0.05, 0) is 46.3 Å². The fraction of sp³-hybridized carbons (Fsp3) is 0.176. The van der Waals surface area contributed by atoms with Gasteiger partial charge in [-0.15, -0.1) is 0 Å². The zero-order valence-corrected chi connectivity index (χ0v) is 14.5. The second kappa shape index (κ2) is 6.92. The molecule has 0 aliphatic carbocycles. The third kappa shape index (κ3) is 3.35. The Morgan fingerprint density at radius 2 is 1.75 bits per heavy atom. The number of hydrogen-bond donors (Lipinski definition) is 2. The molecule has 0 fully saturated rings. The highest BCUT2D eigenvalue weighted by Crippen LogP contribution is 2.35. The monoisotopic (exact) mass is 390 g/mol. The first-order chi connectivity index (χ1) is 11.6. The molecule has 0 unspecified atom stereocenters. The predicted molar refractivity (Wildman–Crippen MR) is 92.9 cm³/mol. The first kappa shape index (κ1) is 16.3. The number of carbonyl (C=O) groups is 2. The Hall–Kier alpha value is -2.54. The Morgan fingerprint density at radius 1 is 1.04 bits per heavy atom. The third-order valence-corrected chi connectivity index (χ3v) is 4.14. The highest BCUT2D eigenvalue weighted by atomic mass is 79.9. The molecule has 0 spiro atoms. The van der Waals surface area contributed by atoms with Gasteiger partial charge in [-0.2, -0.15) is 0 Å². The van der Waals surface area contributed by atoms with E-state index in [4.69, 9.17) is 9.47 Å². The zero-order valence-electron chi connectivity index (χ0n) is 12.9. The maximum Gasteiger partial charge on any atom is 0.256 e. The molecule has 1 aliphatic heterocycles. The van der Waals surface area contributed by atoms with E-state index in [1.165, 1.54) is 0 Å². The predicted octanol–water partition coefficient (Wildman–Crippen LogP) is 2.83. The zero-order chi connectivity index (χ0) is 17.1. The van der Waals surface area contributed by atoms with Crippen molar-refractivity contribution in [3.8, 4) is 11.5 Å². The summed E-state index contributed by atoms with van der Waals surface area (Å²) in [5, 5.41) is 5.33. The van der Waals surface area contributed by atoms with Gasteiger partial charge in [0.25, 0.3) is 11.8 Å². The molecule has 2 aromatic carbocycles.